The van der Waals surface area contributed by atoms with Crippen molar-refractivity contribution in [1.29, 1.82) is 0 Å². The van der Waals surface area contributed by atoms with E-state index in [0.717, 1.165) is 33.1 Å². The second kappa shape index (κ2) is 8.71. The summed E-state index contributed by atoms with van der Waals surface area (Å²) in [5.41, 5.74) is 2.61. The van der Waals surface area contributed by atoms with E-state index in [1.807, 2.05) is 42.9 Å². The van der Waals surface area contributed by atoms with Crippen LogP contribution < -0.4 is 0 Å². The Bertz CT molecular complexity index is 1180. The minimum atomic E-state index is -0.280. The summed E-state index contributed by atoms with van der Waals surface area (Å²) in [6.45, 7) is 2.06. The zero-order valence-corrected chi connectivity index (χ0v) is 18.5. The van der Waals surface area contributed by atoms with Gasteiger partial charge in [0.25, 0.3) is 0 Å². The Kier molecular flexibility index (Phi) is 6.04. The molecule has 1 unspecified atom stereocenters. The molecule has 30 heavy (non-hydrogen) atoms. The molecule has 0 fully saturated rings. The van der Waals surface area contributed by atoms with Gasteiger partial charge >= 0.3 is 0 Å². The third-order valence-corrected chi connectivity index (χ3v) is 6.30. The van der Waals surface area contributed by atoms with Crippen molar-refractivity contribution in [3.63, 3.8) is 0 Å². The summed E-state index contributed by atoms with van der Waals surface area (Å²) in [5.74, 6) is 1.10. The highest BCUT2D eigenvalue weighted by atomic mass is 35.5. The number of halogens is 2. The summed E-state index contributed by atoms with van der Waals surface area (Å²) >= 11 is 7.95. The van der Waals surface area contributed by atoms with Crippen molar-refractivity contribution in [2.24, 2.45) is 0 Å². The van der Waals surface area contributed by atoms with Crippen LogP contribution in [0.2, 0.25) is 5.15 Å². The predicted octanol–water partition coefficient (Wildman–Crippen LogP) is 5.52. The van der Waals surface area contributed by atoms with Gasteiger partial charge in [-0.2, -0.15) is 0 Å². The lowest BCUT2D eigenvalue weighted by Gasteiger charge is -2.20. The van der Waals surface area contributed by atoms with Gasteiger partial charge in [-0.05, 0) is 57.4 Å². The number of thioether (sulfide) groups is 1. The van der Waals surface area contributed by atoms with Crippen molar-refractivity contribution in [3.05, 3.63) is 77.0 Å². The average molecular weight is 442 g/mol. The lowest BCUT2D eigenvalue weighted by Crippen LogP contribution is -2.20. The van der Waals surface area contributed by atoms with Crippen LogP contribution in [0.1, 0.15) is 24.4 Å². The number of hydrogen-bond acceptors (Lipinski definition) is 5. The van der Waals surface area contributed by atoms with Gasteiger partial charge in [-0.1, -0.05) is 41.6 Å². The van der Waals surface area contributed by atoms with E-state index in [1.54, 1.807) is 12.1 Å². The van der Waals surface area contributed by atoms with E-state index in [0.29, 0.717) is 10.9 Å². The summed E-state index contributed by atoms with van der Waals surface area (Å²) in [6, 6.07) is 16.3. The van der Waals surface area contributed by atoms with Crippen LogP contribution in [-0.4, -0.2) is 38.7 Å². The third kappa shape index (κ3) is 4.19. The van der Waals surface area contributed by atoms with Gasteiger partial charge in [0.2, 0.25) is 0 Å². The number of pyridine rings is 1. The van der Waals surface area contributed by atoms with E-state index in [2.05, 4.69) is 33.1 Å². The number of rotatable bonds is 6. The molecule has 0 spiro atoms. The van der Waals surface area contributed by atoms with Crippen LogP contribution in [0.15, 0.2) is 59.8 Å². The summed E-state index contributed by atoms with van der Waals surface area (Å²) in [4.78, 5) is 6.55. The Balaban J connectivity index is 1.69. The fourth-order valence-corrected chi connectivity index (χ4v) is 4.31. The van der Waals surface area contributed by atoms with Crippen LogP contribution >= 0.6 is 23.4 Å². The molecule has 0 bridgehead atoms. The van der Waals surface area contributed by atoms with E-state index in [4.69, 9.17) is 11.6 Å². The number of aromatic nitrogens is 4. The zero-order chi connectivity index (χ0) is 21.3. The number of fused-ring (bicyclic) bond motifs is 1. The van der Waals surface area contributed by atoms with Crippen LogP contribution in [-0.2, 0) is 5.75 Å². The highest BCUT2D eigenvalue weighted by Crippen LogP contribution is 2.31. The molecule has 0 aliphatic rings. The molecule has 0 aliphatic heterocycles. The topological polar surface area (TPSA) is 46.8 Å². The fraction of sp³-hybridized carbons (Fsp3) is 0.227. The molecule has 2 heterocycles. The SMILES string of the molecule is CC(c1nnc(SCc2cc3ccccc3nc2Cl)n1-c1ccc(F)cc1)N(C)C. The molecular formula is C22H21ClFN5S. The molecule has 2 aromatic carbocycles. The van der Waals surface area contributed by atoms with Crippen molar-refractivity contribution in [2.75, 3.05) is 14.1 Å². The van der Waals surface area contributed by atoms with E-state index in [9.17, 15) is 4.39 Å². The molecule has 1 atom stereocenters. The molecule has 154 valence electrons. The standard InChI is InChI=1S/C22H21ClFN5S/c1-14(28(2)3)21-26-27-22(29(21)18-10-8-17(24)9-11-18)30-13-16-12-15-6-4-5-7-19(15)25-20(16)23/h4-12,14H,13H2,1-3H3. The first kappa shape index (κ1) is 20.8. The number of nitrogens with zero attached hydrogens (tertiary/aromatic N) is 5. The molecule has 0 radical (unpaired) electrons. The van der Waals surface area contributed by atoms with E-state index in [-0.39, 0.29) is 11.9 Å². The first-order valence-corrected chi connectivity index (χ1v) is 10.8. The van der Waals surface area contributed by atoms with Crippen molar-refractivity contribution in [1.82, 2.24) is 24.6 Å². The van der Waals surface area contributed by atoms with Crippen LogP contribution in [0.25, 0.3) is 16.6 Å². The molecule has 0 amide bonds. The second-order valence-electron chi connectivity index (χ2n) is 7.21. The van der Waals surface area contributed by atoms with E-state index < -0.39 is 0 Å². The minimum Gasteiger partial charge on any atom is -0.300 e. The van der Waals surface area contributed by atoms with Gasteiger partial charge in [0, 0.05) is 22.4 Å². The maximum Gasteiger partial charge on any atom is 0.196 e. The minimum absolute atomic E-state index is 0.0304. The summed E-state index contributed by atoms with van der Waals surface area (Å²) in [7, 11) is 3.98. The smallest absolute Gasteiger partial charge is 0.196 e. The molecule has 2 aromatic heterocycles. The van der Waals surface area contributed by atoms with Crippen LogP contribution in [0.4, 0.5) is 4.39 Å². The zero-order valence-electron chi connectivity index (χ0n) is 16.9. The Morgan fingerprint density at radius 2 is 1.83 bits per heavy atom. The Morgan fingerprint density at radius 3 is 2.57 bits per heavy atom. The summed E-state index contributed by atoms with van der Waals surface area (Å²) in [5, 5.41) is 11.1. The van der Waals surface area contributed by atoms with Gasteiger partial charge < -0.3 is 0 Å². The molecule has 5 nitrogen and oxygen atoms in total. The van der Waals surface area contributed by atoms with Gasteiger partial charge in [-0.25, -0.2) is 9.37 Å². The molecular weight excluding hydrogens is 421 g/mol. The Labute approximate surface area is 183 Å². The normalized spacial score (nSPS) is 12.6. The highest BCUT2D eigenvalue weighted by Gasteiger charge is 2.21. The quantitative estimate of drug-likeness (QED) is 0.291. The molecule has 0 aliphatic carbocycles. The number of para-hydroxylation sites is 1. The fourth-order valence-electron chi connectivity index (χ4n) is 3.09. The van der Waals surface area contributed by atoms with Gasteiger partial charge in [-0.3, -0.25) is 9.47 Å². The van der Waals surface area contributed by atoms with Crippen molar-refractivity contribution in [3.8, 4) is 5.69 Å². The number of hydrogen-bond donors (Lipinski definition) is 0. The molecule has 8 heteroatoms. The third-order valence-electron chi connectivity index (χ3n) is 5.00. The van der Waals surface area contributed by atoms with Crippen LogP contribution in [0.3, 0.4) is 0 Å². The van der Waals surface area contributed by atoms with Crippen molar-refractivity contribution in [2.45, 2.75) is 23.9 Å². The maximum atomic E-state index is 13.5. The van der Waals surface area contributed by atoms with Gasteiger partial charge in [-0.15, -0.1) is 10.2 Å². The highest BCUT2D eigenvalue weighted by molar-refractivity contribution is 7.98. The average Bonchev–Trinajstić information content (AvgIpc) is 3.16. The lowest BCUT2D eigenvalue weighted by molar-refractivity contribution is 0.305. The van der Waals surface area contributed by atoms with Gasteiger partial charge in [0.1, 0.15) is 11.0 Å². The largest absolute Gasteiger partial charge is 0.300 e. The molecule has 0 saturated heterocycles. The van der Waals surface area contributed by atoms with Crippen molar-refractivity contribution < 1.29 is 4.39 Å². The maximum absolute atomic E-state index is 13.5. The molecule has 4 rings (SSSR count). The van der Waals surface area contributed by atoms with Gasteiger partial charge in [0.05, 0.1) is 11.6 Å². The monoisotopic (exact) mass is 441 g/mol. The predicted molar refractivity (Wildman–Crippen MR) is 120 cm³/mol. The molecule has 4 aromatic rings. The second-order valence-corrected chi connectivity index (χ2v) is 8.51. The molecule has 0 saturated carbocycles. The molecule has 0 N–H and O–H groups in total. The lowest BCUT2D eigenvalue weighted by atomic mass is 10.2. The summed E-state index contributed by atoms with van der Waals surface area (Å²) < 4.78 is 15.5. The Hall–Kier alpha value is -2.48. The van der Waals surface area contributed by atoms with E-state index >= 15 is 0 Å². The summed E-state index contributed by atoms with van der Waals surface area (Å²) in [6.07, 6.45) is 0. The Morgan fingerprint density at radius 1 is 1.10 bits per heavy atom. The van der Waals surface area contributed by atoms with E-state index in [1.165, 1.54) is 23.9 Å². The first-order chi connectivity index (χ1) is 14.4. The van der Waals surface area contributed by atoms with Crippen LogP contribution in [0, 0.1) is 5.82 Å². The first-order valence-electron chi connectivity index (χ1n) is 9.48. The van der Waals surface area contributed by atoms with Gasteiger partial charge in [0.15, 0.2) is 11.0 Å². The number of benzene rings is 2. The van der Waals surface area contributed by atoms with Crippen LogP contribution in [0.5, 0.6) is 0 Å². The van der Waals surface area contributed by atoms with Crippen molar-refractivity contribution >= 4 is 34.3 Å².